The molecule has 5 radical (unpaired) electrons. The van der Waals surface area contributed by atoms with Gasteiger partial charge in [-0.25, -0.2) is 0 Å². The molecule has 0 aliphatic heterocycles. The zero-order valence-electron chi connectivity index (χ0n) is 1.76. The summed E-state index contributed by atoms with van der Waals surface area (Å²) in [4.78, 5) is 0. The van der Waals surface area contributed by atoms with Crippen LogP contribution in [0.25, 0.3) is 0 Å². The van der Waals surface area contributed by atoms with Crippen molar-refractivity contribution in [2.75, 3.05) is 0 Å². The Morgan fingerprint density at radius 1 is 1.25 bits per heavy atom. The largest absolute Gasteiger partial charge is 0 e. The molecule has 0 aromatic rings. The predicted molar refractivity (Wildman–Crippen MR) is 12.9 cm³/mol. The maximum atomic E-state index is 8.52. The predicted octanol–water partition coefficient (Wildman–Crippen LogP) is -0.999. The minimum atomic E-state index is -2.15. The molecule has 0 unspecified atom stereocenters. The molecule has 4 heavy (non-hydrogen) atoms. The Bertz CT molecular complexity index is 27.0. The molecular formula is O2SbSn. The zero-order chi connectivity index (χ0) is 2.71. The van der Waals surface area contributed by atoms with Crippen molar-refractivity contribution in [3.63, 3.8) is 0 Å². The molecule has 0 N–H and O–H groups in total. The van der Waals surface area contributed by atoms with Crippen molar-refractivity contribution in [3.05, 3.63) is 0 Å². The number of rotatable bonds is 0. The van der Waals surface area contributed by atoms with Crippen LogP contribution in [-0.2, 0) is 6.03 Å². The Balaban J connectivity index is 0. The standard InChI is InChI=1S/2O.Sb.Sn. The van der Waals surface area contributed by atoms with Gasteiger partial charge >= 0.3 is 27.6 Å². The minimum absolute atomic E-state index is 0. The van der Waals surface area contributed by atoms with Crippen LogP contribution < -0.4 is 0 Å². The van der Waals surface area contributed by atoms with Crippen molar-refractivity contribution in [3.8, 4) is 0 Å². The summed E-state index contributed by atoms with van der Waals surface area (Å²) in [6.45, 7) is 0. The van der Waals surface area contributed by atoms with Gasteiger partial charge in [-0.1, -0.05) is 0 Å². The fraction of sp³-hybridized carbons (Fsp3) is 0. The van der Waals surface area contributed by atoms with E-state index in [1.807, 2.05) is 0 Å². The van der Waals surface area contributed by atoms with Gasteiger partial charge in [0.25, 0.3) is 0 Å². The van der Waals surface area contributed by atoms with Gasteiger partial charge in [-0.2, -0.15) is 0 Å². The van der Waals surface area contributed by atoms with Gasteiger partial charge in [0.15, 0.2) is 0 Å². The van der Waals surface area contributed by atoms with Crippen LogP contribution >= 0.6 is 0 Å². The van der Waals surface area contributed by atoms with E-state index in [1.165, 1.54) is 0 Å². The van der Waals surface area contributed by atoms with Gasteiger partial charge in [0.2, 0.25) is 0 Å². The molecular weight excluding hydrogens is 272 g/mol. The van der Waals surface area contributed by atoms with Crippen molar-refractivity contribution < 1.29 is 6.03 Å². The van der Waals surface area contributed by atoms with Crippen molar-refractivity contribution in [1.29, 1.82) is 0 Å². The third kappa shape index (κ3) is 10.7. The van der Waals surface area contributed by atoms with E-state index >= 15 is 0 Å². The van der Waals surface area contributed by atoms with Crippen molar-refractivity contribution in [2.45, 2.75) is 0 Å². The SMILES string of the molecule is [O]=[Sb]=[O].[Sn]. The van der Waals surface area contributed by atoms with Gasteiger partial charge in [0.1, 0.15) is 0 Å². The van der Waals surface area contributed by atoms with Crippen LogP contribution in [0.5, 0.6) is 0 Å². The van der Waals surface area contributed by atoms with Crippen molar-refractivity contribution >= 4 is 45.5 Å². The first kappa shape index (κ1) is 8.96. The summed E-state index contributed by atoms with van der Waals surface area (Å²) in [5.41, 5.74) is 0. The third-order valence-electron chi connectivity index (χ3n) is 0. The van der Waals surface area contributed by atoms with Crippen molar-refractivity contribution in [2.24, 2.45) is 0 Å². The molecule has 0 fully saturated rings. The van der Waals surface area contributed by atoms with Crippen LogP contribution in [0.4, 0.5) is 0 Å². The van der Waals surface area contributed by atoms with E-state index in [9.17, 15) is 0 Å². The summed E-state index contributed by atoms with van der Waals surface area (Å²) in [6.07, 6.45) is 0. The van der Waals surface area contributed by atoms with E-state index in [-0.39, 0.29) is 23.9 Å². The first-order valence-electron chi connectivity index (χ1n) is 0.365. The van der Waals surface area contributed by atoms with Gasteiger partial charge in [-0.3, -0.25) is 0 Å². The minimum Gasteiger partial charge on any atom is 0 e. The summed E-state index contributed by atoms with van der Waals surface area (Å²) >= 11 is -2.15. The average Bonchev–Trinajstić information content (AvgIpc) is 0.918. The van der Waals surface area contributed by atoms with E-state index in [1.54, 1.807) is 0 Å². The second-order valence-electron chi connectivity index (χ2n) is 0.0745. The molecule has 0 rings (SSSR count). The molecule has 21 valence electrons. The van der Waals surface area contributed by atoms with Crippen molar-refractivity contribution in [1.82, 2.24) is 0 Å². The Labute approximate surface area is 51.2 Å². The van der Waals surface area contributed by atoms with E-state index in [4.69, 9.17) is 6.03 Å². The fourth-order valence-corrected chi connectivity index (χ4v) is 0. The van der Waals surface area contributed by atoms with Crippen LogP contribution in [0.3, 0.4) is 0 Å². The molecule has 0 aromatic heterocycles. The second-order valence-corrected chi connectivity index (χ2v) is 0.500. The molecule has 4 heteroatoms. The molecule has 0 heterocycles. The van der Waals surface area contributed by atoms with Crippen LogP contribution in [0.15, 0.2) is 0 Å². The molecule has 0 atom stereocenters. The number of hydrogen-bond acceptors (Lipinski definition) is 2. The Morgan fingerprint density at radius 3 is 1.25 bits per heavy atom. The maximum absolute atomic E-state index is 8.52. The molecule has 0 aliphatic carbocycles. The molecule has 0 saturated heterocycles. The normalized spacial score (nSPS) is 2.00. The molecule has 0 spiro atoms. The van der Waals surface area contributed by atoms with Gasteiger partial charge in [0.05, 0.1) is 0 Å². The molecule has 0 amide bonds. The van der Waals surface area contributed by atoms with Crippen LogP contribution in [0, 0.1) is 0 Å². The van der Waals surface area contributed by atoms with E-state index < -0.39 is 21.6 Å². The summed E-state index contributed by atoms with van der Waals surface area (Å²) in [7, 11) is 0. The Morgan fingerprint density at radius 2 is 1.25 bits per heavy atom. The first-order chi connectivity index (χ1) is 1.41. The molecule has 2 nitrogen and oxygen atoms in total. The van der Waals surface area contributed by atoms with Crippen LogP contribution in [0.1, 0.15) is 0 Å². The monoisotopic (exact) mass is 273 g/mol. The average molecular weight is 272 g/mol. The maximum Gasteiger partial charge on any atom is 0 e. The zero-order valence-corrected chi connectivity index (χ0v) is 7.17. The first-order valence-corrected chi connectivity index (χ1v) is 2.45. The smallest absolute Gasteiger partial charge is 0 e. The van der Waals surface area contributed by atoms with Gasteiger partial charge in [-0.05, 0) is 0 Å². The molecule has 0 saturated carbocycles. The topological polar surface area (TPSA) is 34.1 Å². The Hall–Kier alpha value is 1.22. The second kappa shape index (κ2) is 8.88. The number of hydrogen-bond donors (Lipinski definition) is 0. The third-order valence-corrected chi connectivity index (χ3v) is 0. The summed E-state index contributed by atoms with van der Waals surface area (Å²) in [5.74, 6) is 0. The van der Waals surface area contributed by atoms with E-state index in [0.29, 0.717) is 0 Å². The fourth-order valence-electron chi connectivity index (χ4n) is 0. The van der Waals surface area contributed by atoms with Gasteiger partial charge in [-0.15, -0.1) is 0 Å². The summed E-state index contributed by atoms with van der Waals surface area (Å²) in [6, 6.07) is 0. The molecule has 0 aliphatic rings. The summed E-state index contributed by atoms with van der Waals surface area (Å²) < 4.78 is 17.0. The van der Waals surface area contributed by atoms with Crippen LogP contribution in [0.2, 0.25) is 0 Å². The Kier molecular flexibility index (Phi) is 19.9. The quantitative estimate of drug-likeness (QED) is 0.530. The van der Waals surface area contributed by atoms with E-state index in [2.05, 4.69) is 0 Å². The summed E-state index contributed by atoms with van der Waals surface area (Å²) in [5, 5.41) is 0. The van der Waals surface area contributed by atoms with E-state index in [0.717, 1.165) is 0 Å². The molecule has 0 aromatic carbocycles. The van der Waals surface area contributed by atoms with Crippen LogP contribution in [-0.4, -0.2) is 45.5 Å². The molecule has 0 bridgehead atoms. The van der Waals surface area contributed by atoms with Gasteiger partial charge in [0, 0.05) is 23.9 Å². The van der Waals surface area contributed by atoms with Gasteiger partial charge < -0.3 is 0 Å².